The maximum absolute atomic E-state index is 12.0. The van der Waals surface area contributed by atoms with Crippen molar-refractivity contribution in [2.45, 2.75) is 19.4 Å². The summed E-state index contributed by atoms with van der Waals surface area (Å²) in [6.45, 7) is 3.44. The zero-order valence-electron chi connectivity index (χ0n) is 10.4. The summed E-state index contributed by atoms with van der Waals surface area (Å²) in [6.07, 6.45) is 0. The Morgan fingerprint density at radius 3 is 2.56 bits per heavy atom. The molecule has 4 nitrogen and oxygen atoms in total. The molecule has 1 heterocycles. The average Bonchev–Trinajstić information content (AvgIpc) is 2.49. The molecule has 0 atom stereocenters. The van der Waals surface area contributed by atoms with Crippen LogP contribution in [0, 0.1) is 0 Å². The van der Waals surface area contributed by atoms with E-state index in [-0.39, 0.29) is 17.2 Å². The van der Waals surface area contributed by atoms with Crippen LogP contribution in [0.3, 0.4) is 0 Å². The lowest BCUT2D eigenvalue weighted by Crippen LogP contribution is -2.38. The van der Waals surface area contributed by atoms with Gasteiger partial charge in [0.25, 0.3) is 5.91 Å². The van der Waals surface area contributed by atoms with Crippen molar-refractivity contribution in [1.29, 1.82) is 0 Å². The zero-order valence-corrected chi connectivity index (χ0v) is 11.1. The molecule has 1 aromatic rings. The van der Waals surface area contributed by atoms with Gasteiger partial charge in [-0.1, -0.05) is 17.7 Å². The molecule has 0 saturated heterocycles. The van der Waals surface area contributed by atoms with Gasteiger partial charge >= 0.3 is 0 Å². The first-order chi connectivity index (χ1) is 8.38. The Morgan fingerprint density at radius 1 is 1.39 bits per heavy atom. The van der Waals surface area contributed by atoms with Gasteiger partial charge in [0.1, 0.15) is 11.5 Å². The van der Waals surface area contributed by atoms with Crippen molar-refractivity contribution in [3.05, 3.63) is 34.5 Å². The largest absolute Gasteiger partial charge is 0.509 e. The summed E-state index contributed by atoms with van der Waals surface area (Å²) in [5.74, 6) is 0.0692. The van der Waals surface area contributed by atoms with E-state index in [1.54, 1.807) is 32.0 Å². The molecule has 1 aliphatic rings. The second-order valence-electron chi connectivity index (χ2n) is 4.62. The van der Waals surface area contributed by atoms with Crippen LogP contribution in [0.5, 0.6) is 5.75 Å². The first-order valence-corrected chi connectivity index (χ1v) is 5.85. The lowest BCUT2D eigenvalue weighted by Gasteiger charge is -2.17. The number of aliphatic hydroxyl groups excluding tert-OH is 1. The van der Waals surface area contributed by atoms with Crippen molar-refractivity contribution < 1.29 is 14.6 Å². The minimum atomic E-state index is -0.795. The molecule has 0 aliphatic carbocycles. The summed E-state index contributed by atoms with van der Waals surface area (Å²) in [5.41, 5.74) is -0.207. The van der Waals surface area contributed by atoms with Crippen molar-refractivity contribution in [3.8, 4) is 5.75 Å². The highest BCUT2D eigenvalue weighted by molar-refractivity contribution is 6.36. The summed E-state index contributed by atoms with van der Waals surface area (Å²) < 4.78 is 5.19. The third-order valence-electron chi connectivity index (χ3n) is 2.93. The van der Waals surface area contributed by atoms with Gasteiger partial charge in [-0.2, -0.15) is 0 Å². The Balaban J connectivity index is 2.70. The van der Waals surface area contributed by atoms with Crippen molar-refractivity contribution >= 4 is 23.1 Å². The number of carbonyl (C=O) groups is 1. The van der Waals surface area contributed by atoms with Gasteiger partial charge < -0.3 is 15.2 Å². The van der Waals surface area contributed by atoms with Crippen LogP contribution in [0.1, 0.15) is 19.4 Å². The molecule has 96 valence electrons. The summed E-state index contributed by atoms with van der Waals surface area (Å²) in [5, 5.41) is 13.2. The predicted molar refractivity (Wildman–Crippen MR) is 69.8 cm³/mol. The molecule has 5 heteroatoms. The lowest BCUT2D eigenvalue weighted by atomic mass is 9.99. The Kier molecular flexibility index (Phi) is 2.99. The molecule has 0 bridgehead atoms. The number of benzene rings is 1. The van der Waals surface area contributed by atoms with E-state index < -0.39 is 5.54 Å². The highest BCUT2D eigenvalue weighted by atomic mass is 35.5. The number of aliphatic hydroxyl groups is 1. The molecule has 0 aromatic heterocycles. The Labute approximate surface area is 110 Å². The lowest BCUT2D eigenvalue weighted by molar-refractivity contribution is -0.115. The smallest absolute Gasteiger partial charge is 0.256 e. The van der Waals surface area contributed by atoms with E-state index in [4.69, 9.17) is 16.3 Å². The number of hydrogen-bond acceptors (Lipinski definition) is 3. The van der Waals surface area contributed by atoms with Gasteiger partial charge in [-0.3, -0.25) is 4.79 Å². The van der Waals surface area contributed by atoms with E-state index >= 15 is 0 Å². The number of methoxy groups -OCH3 is 1. The minimum absolute atomic E-state index is 0.0288. The van der Waals surface area contributed by atoms with Crippen LogP contribution in [0.15, 0.2) is 24.0 Å². The van der Waals surface area contributed by atoms with E-state index in [0.717, 1.165) is 0 Å². The molecule has 1 aromatic carbocycles. The summed E-state index contributed by atoms with van der Waals surface area (Å²) in [6, 6.07) is 5.07. The maximum Gasteiger partial charge on any atom is 0.256 e. The summed E-state index contributed by atoms with van der Waals surface area (Å²) in [4.78, 5) is 12.0. The van der Waals surface area contributed by atoms with Gasteiger partial charge in [0, 0.05) is 0 Å². The van der Waals surface area contributed by atoms with Crippen molar-refractivity contribution in [2.75, 3.05) is 7.11 Å². The Morgan fingerprint density at radius 2 is 2.06 bits per heavy atom. The zero-order chi connectivity index (χ0) is 13.5. The Bertz CT molecular complexity index is 549. The fraction of sp³-hybridized carbons (Fsp3) is 0.308. The monoisotopic (exact) mass is 267 g/mol. The minimum Gasteiger partial charge on any atom is -0.509 e. The Hall–Kier alpha value is -1.68. The van der Waals surface area contributed by atoms with Gasteiger partial charge in [0.15, 0.2) is 0 Å². The van der Waals surface area contributed by atoms with Gasteiger partial charge in [-0.05, 0) is 26.0 Å². The first-order valence-electron chi connectivity index (χ1n) is 5.47. The molecule has 0 fully saturated rings. The van der Waals surface area contributed by atoms with E-state index in [9.17, 15) is 9.90 Å². The second kappa shape index (κ2) is 4.21. The molecule has 2 N–H and O–H groups in total. The molecule has 1 amide bonds. The molecule has 18 heavy (non-hydrogen) atoms. The van der Waals surface area contributed by atoms with Gasteiger partial charge in [0.2, 0.25) is 0 Å². The summed E-state index contributed by atoms with van der Waals surface area (Å²) >= 11 is 6.11. The van der Waals surface area contributed by atoms with E-state index in [1.165, 1.54) is 7.11 Å². The van der Waals surface area contributed by atoms with Crippen molar-refractivity contribution in [2.24, 2.45) is 0 Å². The van der Waals surface area contributed by atoms with Crippen LogP contribution in [-0.4, -0.2) is 23.7 Å². The number of rotatable bonds is 2. The van der Waals surface area contributed by atoms with E-state index in [1.807, 2.05) is 0 Å². The van der Waals surface area contributed by atoms with Crippen LogP contribution in [0.25, 0.3) is 5.57 Å². The number of carbonyl (C=O) groups excluding carboxylic acids is 1. The average molecular weight is 268 g/mol. The van der Waals surface area contributed by atoms with Crippen LogP contribution >= 0.6 is 11.6 Å². The van der Waals surface area contributed by atoms with Gasteiger partial charge in [0.05, 0.1) is 28.8 Å². The molecular formula is C13H14ClNO3. The van der Waals surface area contributed by atoms with Crippen LogP contribution in [-0.2, 0) is 4.79 Å². The number of amides is 1. The highest BCUT2D eigenvalue weighted by Gasteiger charge is 2.40. The van der Waals surface area contributed by atoms with Crippen LogP contribution in [0.4, 0.5) is 0 Å². The topological polar surface area (TPSA) is 58.6 Å². The molecule has 1 aliphatic heterocycles. The molecule has 0 spiro atoms. The fourth-order valence-electron chi connectivity index (χ4n) is 1.97. The SMILES string of the molecule is COc1cccc(Cl)c1C1=C(O)C(C)(C)NC1=O. The highest BCUT2D eigenvalue weighted by Crippen LogP contribution is 2.39. The number of halogens is 1. The normalized spacial score (nSPS) is 17.9. The standard InChI is InChI=1S/C13H14ClNO3/c1-13(2)11(16)10(12(17)15-13)9-7(14)5-4-6-8(9)18-3/h4-6,16H,1-3H3,(H,15,17). The predicted octanol–water partition coefficient (Wildman–Crippen LogP) is 2.53. The first kappa shape index (κ1) is 12.8. The molecule has 2 rings (SSSR count). The van der Waals surface area contributed by atoms with Crippen LogP contribution < -0.4 is 10.1 Å². The second-order valence-corrected chi connectivity index (χ2v) is 5.03. The molecular weight excluding hydrogens is 254 g/mol. The van der Waals surface area contributed by atoms with Gasteiger partial charge in [-0.15, -0.1) is 0 Å². The number of ether oxygens (including phenoxy) is 1. The van der Waals surface area contributed by atoms with E-state index in [2.05, 4.69) is 5.32 Å². The summed E-state index contributed by atoms with van der Waals surface area (Å²) in [7, 11) is 1.49. The fourth-order valence-corrected chi connectivity index (χ4v) is 2.23. The maximum atomic E-state index is 12.0. The quantitative estimate of drug-likeness (QED) is 0.866. The third kappa shape index (κ3) is 1.82. The molecule has 0 saturated carbocycles. The van der Waals surface area contributed by atoms with Crippen LogP contribution in [0.2, 0.25) is 5.02 Å². The third-order valence-corrected chi connectivity index (χ3v) is 3.24. The number of hydrogen-bond donors (Lipinski definition) is 2. The number of nitrogens with one attached hydrogen (secondary N) is 1. The molecule has 0 unspecified atom stereocenters. The van der Waals surface area contributed by atoms with Crippen molar-refractivity contribution in [1.82, 2.24) is 5.32 Å². The van der Waals surface area contributed by atoms with Gasteiger partial charge in [-0.25, -0.2) is 0 Å². The van der Waals surface area contributed by atoms with Crippen molar-refractivity contribution in [3.63, 3.8) is 0 Å². The molecule has 0 radical (unpaired) electrons. The van der Waals surface area contributed by atoms with E-state index in [0.29, 0.717) is 16.3 Å².